The second kappa shape index (κ2) is 5.12. The van der Waals surface area contributed by atoms with Crippen molar-refractivity contribution in [3.8, 4) is 0 Å². The smallest absolute Gasteiger partial charge is 0.136 e. The van der Waals surface area contributed by atoms with E-state index in [1.807, 2.05) is 18.7 Å². The Balaban J connectivity index is 2.13. The fraction of sp³-hybridized carbons (Fsp3) is 0.667. The Morgan fingerprint density at radius 1 is 1.47 bits per heavy atom. The lowest BCUT2D eigenvalue weighted by atomic mass is 10.3. The van der Waals surface area contributed by atoms with E-state index in [1.165, 1.54) is 12.8 Å². The van der Waals surface area contributed by atoms with Crippen molar-refractivity contribution in [3.05, 3.63) is 11.4 Å². The highest BCUT2D eigenvalue weighted by molar-refractivity contribution is 7.99. The van der Waals surface area contributed by atoms with Crippen LogP contribution in [0.3, 0.4) is 0 Å². The quantitative estimate of drug-likeness (QED) is 0.842. The molecule has 2 rings (SSSR count). The summed E-state index contributed by atoms with van der Waals surface area (Å²) in [5.41, 5.74) is 6.89. The van der Waals surface area contributed by atoms with E-state index in [0.717, 1.165) is 23.8 Å². The maximum absolute atomic E-state index is 5.93. The topological polar surface area (TPSA) is 63.8 Å². The predicted molar refractivity (Wildman–Crippen MR) is 74.6 cm³/mol. The number of nitrogens with zero attached hydrogens (tertiary/aromatic N) is 2. The summed E-state index contributed by atoms with van der Waals surface area (Å²) in [6, 6.07) is 0. The number of hydrogen-bond donors (Lipinski definition) is 2. The molecule has 1 fully saturated rings. The molecule has 0 bridgehead atoms. The van der Waals surface area contributed by atoms with Gasteiger partial charge in [-0.15, -0.1) is 0 Å². The predicted octanol–water partition coefficient (Wildman–Crippen LogP) is 2.41. The number of aromatic nitrogens is 2. The van der Waals surface area contributed by atoms with E-state index >= 15 is 0 Å². The summed E-state index contributed by atoms with van der Waals surface area (Å²) in [5.74, 6) is 2.96. The summed E-state index contributed by atoms with van der Waals surface area (Å²) in [7, 11) is 0. The summed E-state index contributed by atoms with van der Waals surface area (Å²) >= 11 is 1.84. The van der Waals surface area contributed by atoms with Crippen LogP contribution in [0.1, 0.15) is 37.1 Å². The standard InChI is InChI=1S/C12H20N4S/c1-7(17-3)6-14-11-8(2)10(13)15-12(16-11)9-4-5-9/h7,9H,4-6H2,1-3H3,(H3,13,14,15,16). The maximum Gasteiger partial charge on any atom is 0.136 e. The van der Waals surface area contributed by atoms with E-state index in [0.29, 0.717) is 17.0 Å². The average Bonchev–Trinajstić information content (AvgIpc) is 3.14. The van der Waals surface area contributed by atoms with Crippen molar-refractivity contribution in [1.82, 2.24) is 9.97 Å². The van der Waals surface area contributed by atoms with Gasteiger partial charge in [0.15, 0.2) is 0 Å². The molecule has 1 atom stereocenters. The fourth-order valence-corrected chi connectivity index (χ4v) is 1.82. The number of rotatable bonds is 5. The van der Waals surface area contributed by atoms with E-state index in [9.17, 15) is 0 Å². The molecule has 0 saturated heterocycles. The molecule has 1 aromatic rings. The van der Waals surface area contributed by atoms with Crippen molar-refractivity contribution >= 4 is 23.4 Å². The van der Waals surface area contributed by atoms with Crippen LogP contribution in [0.2, 0.25) is 0 Å². The number of thioether (sulfide) groups is 1. The molecule has 1 unspecified atom stereocenters. The van der Waals surface area contributed by atoms with Crippen molar-refractivity contribution in [2.75, 3.05) is 23.9 Å². The molecule has 0 spiro atoms. The van der Waals surface area contributed by atoms with Gasteiger partial charge in [0.05, 0.1) is 0 Å². The number of nitrogen functional groups attached to an aromatic ring is 1. The van der Waals surface area contributed by atoms with Gasteiger partial charge in [-0.2, -0.15) is 11.8 Å². The monoisotopic (exact) mass is 252 g/mol. The Hall–Kier alpha value is -0.970. The molecule has 5 heteroatoms. The summed E-state index contributed by atoms with van der Waals surface area (Å²) in [5, 5.41) is 3.94. The molecule has 1 aliphatic rings. The molecule has 94 valence electrons. The maximum atomic E-state index is 5.93. The summed E-state index contributed by atoms with van der Waals surface area (Å²) < 4.78 is 0. The number of hydrogen-bond acceptors (Lipinski definition) is 5. The Morgan fingerprint density at radius 3 is 2.76 bits per heavy atom. The lowest BCUT2D eigenvalue weighted by Gasteiger charge is -2.14. The van der Waals surface area contributed by atoms with Crippen LogP contribution in [0.4, 0.5) is 11.6 Å². The van der Waals surface area contributed by atoms with Crippen LogP contribution in [0.25, 0.3) is 0 Å². The van der Waals surface area contributed by atoms with Gasteiger partial charge in [-0.25, -0.2) is 9.97 Å². The van der Waals surface area contributed by atoms with Gasteiger partial charge in [-0.1, -0.05) is 6.92 Å². The molecule has 1 aliphatic carbocycles. The molecule has 4 nitrogen and oxygen atoms in total. The van der Waals surface area contributed by atoms with Gasteiger partial charge < -0.3 is 11.1 Å². The zero-order valence-corrected chi connectivity index (χ0v) is 11.5. The van der Waals surface area contributed by atoms with Crippen LogP contribution in [-0.2, 0) is 0 Å². The zero-order valence-electron chi connectivity index (χ0n) is 10.7. The van der Waals surface area contributed by atoms with E-state index < -0.39 is 0 Å². The zero-order chi connectivity index (χ0) is 12.4. The normalized spacial score (nSPS) is 16.9. The lowest BCUT2D eigenvalue weighted by Crippen LogP contribution is -2.16. The van der Waals surface area contributed by atoms with Crippen LogP contribution in [0.5, 0.6) is 0 Å². The Labute approximate surface area is 107 Å². The van der Waals surface area contributed by atoms with Crippen molar-refractivity contribution in [1.29, 1.82) is 0 Å². The first-order valence-electron chi connectivity index (χ1n) is 6.02. The molecule has 0 aliphatic heterocycles. The van der Waals surface area contributed by atoms with Crippen LogP contribution >= 0.6 is 11.8 Å². The minimum absolute atomic E-state index is 0.538. The third-order valence-electron chi connectivity index (χ3n) is 3.10. The summed E-state index contributed by atoms with van der Waals surface area (Å²) in [6.07, 6.45) is 4.51. The summed E-state index contributed by atoms with van der Waals surface area (Å²) in [4.78, 5) is 8.95. The van der Waals surface area contributed by atoms with Gasteiger partial charge in [-0.3, -0.25) is 0 Å². The Morgan fingerprint density at radius 2 is 2.18 bits per heavy atom. The highest BCUT2D eigenvalue weighted by Gasteiger charge is 2.27. The van der Waals surface area contributed by atoms with Gasteiger partial charge in [0.1, 0.15) is 17.5 Å². The fourth-order valence-electron chi connectivity index (χ4n) is 1.57. The first-order chi connectivity index (χ1) is 8.11. The third kappa shape index (κ3) is 3.03. The molecule has 0 aromatic carbocycles. The van der Waals surface area contributed by atoms with E-state index in [2.05, 4.69) is 28.5 Å². The molecule has 1 aromatic heterocycles. The summed E-state index contributed by atoms with van der Waals surface area (Å²) in [6.45, 7) is 5.07. The van der Waals surface area contributed by atoms with Crippen LogP contribution < -0.4 is 11.1 Å². The second-order valence-electron chi connectivity index (χ2n) is 4.64. The van der Waals surface area contributed by atoms with E-state index in [1.54, 1.807) is 0 Å². The molecule has 1 heterocycles. The second-order valence-corrected chi connectivity index (χ2v) is 5.92. The van der Waals surface area contributed by atoms with Crippen LogP contribution in [0.15, 0.2) is 0 Å². The molecular weight excluding hydrogens is 232 g/mol. The minimum Gasteiger partial charge on any atom is -0.383 e. The Kier molecular flexibility index (Phi) is 3.76. The largest absolute Gasteiger partial charge is 0.383 e. The van der Waals surface area contributed by atoms with Crippen LogP contribution in [-0.4, -0.2) is 28.0 Å². The number of nitrogens with two attached hydrogens (primary N) is 1. The molecular formula is C12H20N4S. The molecule has 1 saturated carbocycles. The number of nitrogens with one attached hydrogen (secondary N) is 1. The van der Waals surface area contributed by atoms with Crippen LogP contribution in [0, 0.1) is 6.92 Å². The minimum atomic E-state index is 0.538. The molecule has 17 heavy (non-hydrogen) atoms. The van der Waals surface area contributed by atoms with Crippen molar-refractivity contribution in [2.24, 2.45) is 0 Å². The third-order valence-corrected chi connectivity index (χ3v) is 4.07. The van der Waals surface area contributed by atoms with Gasteiger partial charge in [0, 0.05) is 23.3 Å². The van der Waals surface area contributed by atoms with Crippen molar-refractivity contribution < 1.29 is 0 Å². The van der Waals surface area contributed by atoms with Gasteiger partial charge in [0.25, 0.3) is 0 Å². The first-order valence-corrected chi connectivity index (χ1v) is 7.31. The van der Waals surface area contributed by atoms with Gasteiger partial charge in [-0.05, 0) is 26.0 Å². The SMILES string of the molecule is CSC(C)CNc1nc(C2CC2)nc(N)c1C. The van der Waals surface area contributed by atoms with Crippen molar-refractivity contribution in [2.45, 2.75) is 37.9 Å². The van der Waals surface area contributed by atoms with Crippen molar-refractivity contribution in [3.63, 3.8) is 0 Å². The molecule has 0 amide bonds. The Bertz CT molecular complexity index is 404. The van der Waals surface area contributed by atoms with Gasteiger partial charge in [0.2, 0.25) is 0 Å². The number of anilines is 2. The average molecular weight is 252 g/mol. The van der Waals surface area contributed by atoms with Gasteiger partial charge >= 0.3 is 0 Å². The van der Waals surface area contributed by atoms with E-state index in [-0.39, 0.29) is 0 Å². The van der Waals surface area contributed by atoms with E-state index in [4.69, 9.17) is 5.73 Å². The first kappa shape index (κ1) is 12.5. The molecule has 3 N–H and O–H groups in total. The highest BCUT2D eigenvalue weighted by atomic mass is 32.2. The molecule has 0 radical (unpaired) electrons. The lowest BCUT2D eigenvalue weighted by molar-refractivity contribution is 0.909. The highest BCUT2D eigenvalue weighted by Crippen LogP contribution is 2.39.